The van der Waals surface area contributed by atoms with Crippen molar-refractivity contribution in [3.8, 4) is 0 Å². The van der Waals surface area contributed by atoms with Crippen molar-refractivity contribution in [1.29, 1.82) is 0 Å². The number of rotatable bonds is 4. The van der Waals surface area contributed by atoms with Gasteiger partial charge in [-0.25, -0.2) is 9.36 Å². The van der Waals surface area contributed by atoms with E-state index in [0.717, 1.165) is 0 Å². The molecule has 18 heavy (non-hydrogen) atoms. The van der Waals surface area contributed by atoms with Crippen LogP contribution in [0.1, 0.15) is 20.8 Å². The Labute approximate surface area is 107 Å². The quantitative estimate of drug-likeness (QED) is 0.582. The second kappa shape index (κ2) is 6.18. The zero-order valence-electron chi connectivity index (χ0n) is 11.3. The monoisotopic (exact) mass is 254 g/mol. The Morgan fingerprint density at radius 2 is 2.11 bits per heavy atom. The molecule has 1 rings (SSSR count). The van der Waals surface area contributed by atoms with Gasteiger partial charge in [0.15, 0.2) is 0 Å². The Morgan fingerprint density at radius 1 is 1.44 bits per heavy atom. The fourth-order valence-electron chi connectivity index (χ4n) is 1.53. The van der Waals surface area contributed by atoms with Crippen LogP contribution < -0.4 is 4.57 Å². The van der Waals surface area contributed by atoms with Crippen molar-refractivity contribution in [2.75, 3.05) is 13.2 Å². The summed E-state index contributed by atoms with van der Waals surface area (Å²) in [5, 5.41) is 0. The topological polar surface area (TPSA) is 55.4 Å². The maximum Gasteiger partial charge on any atom is 0.416 e. The van der Waals surface area contributed by atoms with Crippen LogP contribution in [0.4, 0.5) is 4.79 Å². The molecule has 1 amide bonds. The number of carbonyl (C=O) groups excluding carboxylic acids is 2. The van der Waals surface area contributed by atoms with E-state index in [-0.39, 0.29) is 18.6 Å². The summed E-state index contributed by atoms with van der Waals surface area (Å²) >= 11 is 0. The van der Waals surface area contributed by atoms with E-state index < -0.39 is 5.97 Å². The van der Waals surface area contributed by atoms with Gasteiger partial charge < -0.3 is 4.74 Å². The highest BCUT2D eigenvalue weighted by Gasteiger charge is 2.25. The molecule has 0 bridgehead atoms. The van der Waals surface area contributed by atoms with Gasteiger partial charge in [0.1, 0.15) is 18.9 Å². The van der Waals surface area contributed by atoms with Crippen LogP contribution in [-0.4, -0.2) is 40.7 Å². The molecule has 0 aliphatic rings. The minimum absolute atomic E-state index is 0.0355. The van der Waals surface area contributed by atoms with E-state index in [1.165, 1.54) is 9.47 Å². The zero-order valence-corrected chi connectivity index (χ0v) is 11.3. The highest BCUT2D eigenvalue weighted by Crippen LogP contribution is 2.03. The van der Waals surface area contributed by atoms with Gasteiger partial charge in [-0.2, -0.15) is 4.57 Å². The van der Waals surface area contributed by atoms with Gasteiger partial charge in [0.25, 0.3) is 6.33 Å². The third-order valence-electron chi connectivity index (χ3n) is 2.46. The van der Waals surface area contributed by atoms with E-state index in [1.54, 1.807) is 30.2 Å². The molecule has 1 heterocycles. The lowest BCUT2D eigenvalue weighted by Crippen LogP contribution is -2.43. The number of ether oxygens (including phenoxy) is 1. The Morgan fingerprint density at radius 3 is 2.56 bits per heavy atom. The molecular formula is C12H20N3O3+. The number of amides is 1. The Bertz CT molecular complexity index is 426. The van der Waals surface area contributed by atoms with Crippen LogP contribution in [0.2, 0.25) is 0 Å². The van der Waals surface area contributed by atoms with Crippen LogP contribution in [0.5, 0.6) is 0 Å². The molecule has 0 saturated carbocycles. The average Bonchev–Trinajstić information content (AvgIpc) is 2.72. The molecule has 0 aliphatic carbocycles. The SMILES string of the molecule is CCOC(=O)CN(C(=O)n1cc[n+](C)c1)C(C)C. The summed E-state index contributed by atoms with van der Waals surface area (Å²) in [5.74, 6) is -0.393. The molecule has 0 saturated heterocycles. The molecule has 0 aliphatic heterocycles. The Hall–Kier alpha value is -1.85. The lowest BCUT2D eigenvalue weighted by Gasteiger charge is -2.22. The normalized spacial score (nSPS) is 10.5. The molecule has 6 heteroatoms. The predicted molar refractivity (Wildman–Crippen MR) is 64.9 cm³/mol. The summed E-state index contributed by atoms with van der Waals surface area (Å²) in [6.07, 6.45) is 5.08. The van der Waals surface area contributed by atoms with E-state index in [2.05, 4.69) is 0 Å². The zero-order chi connectivity index (χ0) is 13.7. The summed E-state index contributed by atoms with van der Waals surface area (Å²) in [6.45, 7) is 5.75. The predicted octanol–water partition coefficient (Wildman–Crippen LogP) is 0.554. The first-order chi connectivity index (χ1) is 8.45. The van der Waals surface area contributed by atoms with E-state index in [4.69, 9.17) is 4.74 Å². The first-order valence-corrected chi connectivity index (χ1v) is 5.95. The number of esters is 1. The summed E-state index contributed by atoms with van der Waals surface area (Å²) in [5.41, 5.74) is 0. The van der Waals surface area contributed by atoms with E-state index in [0.29, 0.717) is 6.61 Å². The number of nitrogens with zero attached hydrogens (tertiary/aromatic N) is 3. The number of imidazole rings is 1. The number of hydrogen-bond donors (Lipinski definition) is 0. The van der Waals surface area contributed by atoms with Gasteiger partial charge in [0.2, 0.25) is 0 Å². The van der Waals surface area contributed by atoms with Crippen molar-refractivity contribution in [3.05, 3.63) is 18.7 Å². The third-order valence-corrected chi connectivity index (χ3v) is 2.46. The standard InChI is InChI=1S/C12H20N3O3/c1-5-18-11(16)8-15(10(2)3)12(17)14-7-6-13(4)9-14/h6-7,9-10H,5,8H2,1-4H3/q+1. The molecule has 1 aromatic rings. The van der Waals surface area contributed by atoms with Crippen LogP contribution in [0.3, 0.4) is 0 Å². The van der Waals surface area contributed by atoms with E-state index >= 15 is 0 Å². The first-order valence-electron chi connectivity index (χ1n) is 5.95. The second-order valence-corrected chi connectivity index (χ2v) is 4.30. The van der Waals surface area contributed by atoms with Gasteiger partial charge in [-0.1, -0.05) is 0 Å². The summed E-state index contributed by atoms with van der Waals surface area (Å²) < 4.78 is 8.07. The van der Waals surface area contributed by atoms with Crippen LogP contribution in [-0.2, 0) is 16.6 Å². The minimum atomic E-state index is -0.393. The molecule has 0 atom stereocenters. The van der Waals surface area contributed by atoms with Crippen LogP contribution in [0.15, 0.2) is 18.7 Å². The van der Waals surface area contributed by atoms with Crippen molar-refractivity contribution in [2.24, 2.45) is 7.05 Å². The lowest BCUT2D eigenvalue weighted by molar-refractivity contribution is -0.670. The largest absolute Gasteiger partial charge is 0.465 e. The molecule has 100 valence electrons. The smallest absolute Gasteiger partial charge is 0.416 e. The lowest BCUT2D eigenvalue weighted by atomic mass is 10.3. The van der Waals surface area contributed by atoms with Crippen LogP contribution in [0, 0.1) is 0 Å². The summed E-state index contributed by atoms with van der Waals surface area (Å²) in [7, 11) is 1.83. The van der Waals surface area contributed by atoms with Gasteiger partial charge in [0.05, 0.1) is 13.7 Å². The molecule has 0 unspecified atom stereocenters. The number of hydrogen-bond acceptors (Lipinski definition) is 3. The Kier molecular flexibility index (Phi) is 4.88. The molecule has 0 N–H and O–H groups in total. The minimum Gasteiger partial charge on any atom is -0.465 e. The summed E-state index contributed by atoms with van der Waals surface area (Å²) in [6, 6.07) is -0.312. The molecule has 0 aromatic carbocycles. The number of carbonyl (C=O) groups is 2. The van der Waals surface area contributed by atoms with Crippen LogP contribution in [0.25, 0.3) is 0 Å². The van der Waals surface area contributed by atoms with Gasteiger partial charge in [-0.3, -0.25) is 9.69 Å². The highest BCUT2D eigenvalue weighted by molar-refractivity contribution is 5.82. The van der Waals surface area contributed by atoms with Crippen molar-refractivity contribution >= 4 is 12.0 Å². The first kappa shape index (κ1) is 14.2. The fraction of sp³-hybridized carbons (Fsp3) is 0.583. The third kappa shape index (κ3) is 3.58. The van der Waals surface area contributed by atoms with E-state index in [9.17, 15) is 9.59 Å². The van der Waals surface area contributed by atoms with Gasteiger partial charge >= 0.3 is 12.0 Å². The van der Waals surface area contributed by atoms with Crippen molar-refractivity contribution in [3.63, 3.8) is 0 Å². The maximum atomic E-state index is 12.2. The fourth-order valence-corrected chi connectivity index (χ4v) is 1.53. The number of aryl methyl sites for hydroxylation is 1. The van der Waals surface area contributed by atoms with Gasteiger partial charge in [0, 0.05) is 6.04 Å². The number of aromatic nitrogens is 2. The summed E-state index contributed by atoms with van der Waals surface area (Å²) in [4.78, 5) is 25.1. The maximum absolute atomic E-state index is 12.2. The van der Waals surface area contributed by atoms with E-state index in [1.807, 2.05) is 20.9 Å². The molecular weight excluding hydrogens is 234 g/mol. The molecule has 0 spiro atoms. The average molecular weight is 254 g/mol. The highest BCUT2D eigenvalue weighted by atomic mass is 16.5. The molecule has 1 aromatic heterocycles. The molecule has 0 radical (unpaired) electrons. The van der Waals surface area contributed by atoms with Crippen molar-refractivity contribution < 1.29 is 18.9 Å². The second-order valence-electron chi connectivity index (χ2n) is 4.30. The van der Waals surface area contributed by atoms with Crippen LogP contribution >= 0.6 is 0 Å². The van der Waals surface area contributed by atoms with Crippen molar-refractivity contribution in [1.82, 2.24) is 9.47 Å². The molecule has 0 fully saturated rings. The van der Waals surface area contributed by atoms with Gasteiger partial charge in [-0.15, -0.1) is 0 Å². The Balaban J connectivity index is 2.79. The molecule has 6 nitrogen and oxygen atoms in total. The van der Waals surface area contributed by atoms with Gasteiger partial charge in [-0.05, 0) is 20.8 Å². The van der Waals surface area contributed by atoms with Crippen molar-refractivity contribution in [2.45, 2.75) is 26.8 Å².